The third-order valence-corrected chi connectivity index (χ3v) is 6.47. The molecule has 3 aromatic rings. The smallest absolute Gasteiger partial charge is 0.252 e. The Labute approximate surface area is 180 Å². The van der Waals surface area contributed by atoms with Crippen LogP contribution < -0.4 is 5.32 Å². The monoisotopic (exact) mass is 424 g/mol. The molecule has 0 spiro atoms. The van der Waals surface area contributed by atoms with Gasteiger partial charge in [0.1, 0.15) is 0 Å². The van der Waals surface area contributed by atoms with Gasteiger partial charge >= 0.3 is 0 Å². The predicted octanol–water partition coefficient (Wildman–Crippen LogP) is 3.99. The van der Waals surface area contributed by atoms with Gasteiger partial charge in [-0.25, -0.2) is 0 Å². The number of nitrogens with zero attached hydrogens (tertiary/aromatic N) is 2. The number of piperidine rings is 1. The molecule has 1 aliphatic heterocycles. The number of carbonyl (C=O) groups is 2. The van der Waals surface area contributed by atoms with E-state index in [2.05, 4.69) is 21.4 Å². The predicted molar refractivity (Wildman–Crippen MR) is 118 cm³/mol. The van der Waals surface area contributed by atoms with Crippen LogP contribution in [0.4, 0.5) is 0 Å². The lowest BCUT2D eigenvalue weighted by atomic mass is 9.80. The molecule has 1 atom stereocenters. The molecule has 0 bridgehead atoms. The fourth-order valence-corrected chi connectivity index (χ4v) is 4.65. The van der Waals surface area contributed by atoms with Crippen molar-refractivity contribution in [3.63, 3.8) is 0 Å². The number of likely N-dealkylation sites (tertiary alicyclic amines) is 1. The lowest BCUT2D eigenvalue weighted by Gasteiger charge is -2.36. The molecule has 2 aromatic heterocycles. The van der Waals surface area contributed by atoms with Crippen LogP contribution in [-0.2, 0) is 4.79 Å². The molecule has 1 aromatic carbocycles. The van der Waals surface area contributed by atoms with Crippen molar-refractivity contribution in [2.24, 2.45) is 5.92 Å². The van der Waals surface area contributed by atoms with Gasteiger partial charge in [0.15, 0.2) is 0 Å². The highest BCUT2D eigenvalue weighted by Gasteiger charge is 2.29. The van der Waals surface area contributed by atoms with E-state index in [9.17, 15) is 9.59 Å². The van der Waals surface area contributed by atoms with Crippen LogP contribution in [0.25, 0.3) is 10.9 Å². The third kappa shape index (κ3) is 4.19. The normalized spacial score (nSPS) is 15.9. The lowest BCUT2D eigenvalue weighted by molar-refractivity contribution is -0.130. The van der Waals surface area contributed by atoms with Gasteiger partial charge in [0.25, 0.3) is 5.91 Å². The van der Waals surface area contributed by atoms with E-state index in [0.29, 0.717) is 23.0 Å². The second-order valence-electron chi connectivity index (χ2n) is 7.81. The summed E-state index contributed by atoms with van der Waals surface area (Å²) in [5, 5.41) is 4.38. The number of amides is 2. The molecule has 4 rings (SSSR count). The molecule has 2 amide bonds. The summed E-state index contributed by atoms with van der Waals surface area (Å²) in [6, 6.07) is 9.47. The minimum atomic E-state index is -0.182. The number of pyridine rings is 1. The van der Waals surface area contributed by atoms with Gasteiger partial charge in [-0.05, 0) is 48.6 Å². The van der Waals surface area contributed by atoms with E-state index in [4.69, 9.17) is 11.6 Å². The summed E-state index contributed by atoms with van der Waals surface area (Å²) < 4.78 is 0. The number of rotatable bonds is 5. The number of nitrogens with one attached hydrogen (secondary N) is 2. The maximum Gasteiger partial charge on any atom is 0.252 e. The molecule has 7 heteroatoms. The number of H-pyrrole nitrogens is 1. The maximum absolute atomic E-state index is 12.9. The second-order valence-corrected chi connectivity index (χ2v) is 8.19. The van der Waals surface area contributed by atoms with Crippen LogP contribution in [0.15, 0.2) is 48.9 Å². The van der Waals surface area contributed by atoms with Crippen molar-refractivity contribution in [2.45, 2.75) is 25.7 Å². The molecule has 30 heavy (non-hydrogen) atoms. The summed E-state index contributed by atoms with van der Waals surface area (Å²) in [5.41, 5.74) is 2.48. The minimum Gasteiger partial charge on any atom is -0.361 e. The van der Waals surface area contributed by atoms with Crippen molar-refractivity contribution < 1.29 is 9.59 Å². The average Bonchev–Trinajstić information content (AvgIpc) is 3.25. The van der Waals surface area contributed by atoms with Crippen LogP contribution in [0.5, 0.6) is 0 Å². The van der Waals surface area contributed by atoms with Gasteiger partial charge in [-0.1, -0.05) is 17.7 Å². The number of aromatic amines is 1. The number of aromatic nitrogens is 2. The molecule has 3 heterocycles. The maximum atomic E-state index is 12.9. The molecule has 1 fully saturated rings. The number of hydrogen-bond donors (Lipinski definition) is 2. The first-order chi connectivity index (χ1) is 14.5. The highest BCUT2D eigenvalue weighted by Crippen LogP contribution is 2.32. The second kappa shape index (κ2) is 8.88. The zero-order valence-corrected chi connectivity index (χ0v) is 17.7. The summed E-state index contributed by atoms with van der Waals surface area (Å²) in [4.78, 5) is 33.8. The van der Waals surface area contributed by atoms with Crippen molar-refractivity contribution in [3.05, 3.63) is 65.1 Å². The van der Waals surface area contributed by atoms with Crippen LogP contribution in [0.2, 0.25) is 5.02 Å². The topological polar surface area (TPSA) is 78.1 Å². The Bertz CT molecular complexity index is 1040. The van der Waals surface area contributed by atoms with E-state index in [1.807, 2.05) is 35.5 Å². The molecule has 2 N–H and O–H groups in total. The molecular weight excluding hydrogens is 400 g/mol. The van der Waals surface area contributed by atoms with Gasteiger partial charge in [0.05, 0.1) is 10.6 Å². The van der Waals surface area contributed by atoms with Crippen molar-refractivity contribution in [3.8, 4) is 0 Å². The zero-order chi connectivity index (χ0) is 21.1. The summed E-state index contributed by atoms with van der Waals surface area (Å²) in [6.07, 6.45) is 7.25. The van der Waals surface area contributed by atoms with Crippen LogP contribution in [-0.4, -0.2) is 46.3 Å². The third-order valence-electron chi connectivity index (χ3n) is 6.06. The van der Waals surface area contributed by atoms with Crippen molar-refractivity contribution >= 4 is 34.3 Å². The highest BCUT2D eigenvalue weighted by molar-refractivity contribution is 6.38. The van der Waals surface area contributed by atoms with Gasteiger partial charge < -0.3 is 15.2 Å². The summed E-state index contributed by atoms with van der Waals surface area (Å²) in [7, 11) is 0. The van der Waals surface area contributed by atoms with E-state index in [0.717, 1.165) is 42.4 Å². The van der Waals surface area contributed by atoms with E-state index >= 15 is 0 Å². The standard InChI is InChI=1S/C23H25ClN4O2/c1-15(29)28-11-7-16(8-12-28)20(17-3-2-9-25-13-17)14-27-23(30)19-4-5-21-18(22(19)24)6-10-26-21/h2-6,9-10,13,16,20,26H,7-8,11-12,14H2,1H3,(H,27,30). The lowest BCUT2D eigenvalue weighted by Crippen LogP contribution is -2.40. The molecule has 1 aliphatic rings. The van der Waals surface area contributed by atoms with Crippen LogP contribution in [0, 0.1) is 5.92 Å². The van der Waals surface area contributed by atoms with Crippen LogP contribution in [0.3, 0.4) is 0 Å². The fourth-order valence-electron chi connectivity index (χ4n) is 4.34. The summed E-state index contributed by atoms with van der Waals surface area (Å²) >= 11 is 6.48. The molecule has 0 aliphatic carbocycles. The van der Waals surface area contributed by atoms with Gasteiger partial charge in [0, 0.05) is 62.0 Å². The van der Waals surface area contributed by atoms with Crippen LogP contribution in [0.1, 0.15) is 41.6 Å². The Hall–Kier alpha value is -2.86. The van der Waals surface area contributed by atoms with Crippen molar-refractivity contribution in [1.82, 2.24) is 20.2 Å². The van der Waals surface area contributed by atoms with E-state index in [1.165, 1.54) is 0 Å². The number of halogens is 1. The average molecular weight is 425 g/mol. The first-order valence-electron chi connectivity index (χ1n) is 10.2. The minimum absolute atomic E-state index is 0.120. The molecule has 0 radical (unpaired) electrons. The van der Waals surface area contributed by atoms with Gasteiger partial charge in [-0.15, -0.1) is 0 Å². The first kappa shape index (κ1) is 20.4. The highest BCUT2D eigenvalue weighted by atomic mass is 35.5. The molecular formula is C23H25ClN4O2. The molecule has 156 valence electrons. The van der Waals surface area contributed by atoms with E-state index < -0.39 is 0 Å². The number of benzene rings is 1. The summed E-state index contributed by atoms with van der Waals surface area (Å²) in [6.45, 7) is 3.61. The quantitative estimate of drug-likeness (QED) is 0.650. The van der Waals surface area contributed by atoms with E-state index in [1.54, 1.807) is 19.2 Å². The van der Waals surface area contributed by atoms with Gasteiger partial charge in [0.2, 0.25) is 5.91 Å². The van der Waals surface area contributed by atoms with Gasteiger partial charge in [-0.2, -0.15) is 0 Å². The Morgan fingerprint density at radius 1 is 1.27 bits per heavy atom. The zero-order valence-electron chi connectivity index (χ0n) is 16.9. The molecule has 6 nitrogen and oxygen atoms in total. The summed E-state index contributed by atoms with van der Waals surface area (Å²) in [5.74, 6) is 0.437. The Balaban J connectivity index is 1.50. The van der Waals surface area contributed by atoms with Crippen molar-refractivity contribution in [1.29, 1.82) is 0 Å². The molecule has 0 saturated carbocycles. The molecule has 1 unspecified atom stereocenters. The van der Waals surface area contributed by atoms with Gasteiger partial charge in [-0.3, -0.25) is 14.6 Å². The van der Waals surface area contributed by atoms with Crippen molar-refractivity contribution in [2.75, 3.05) is 19.6 Å². The largest absolute Gasteiger partial charge is 0.361 e. The fraction of sp³-hybridized carbons (Fsp3) is 0.348. The van der Waals surface area contributed by atoms with Crippen LogP contribution >= 0.6 is 11.6 Å². The Kier molecular flexibility index (Phi) is 6.04. The van der Waals surface area contributed by atoms with E-state index in [-0.39, 0.29) is 17.7 Å². The molecule has 1 saturated heterocycles. The number of fused-ring (bicyclic) bond motifs is 1. The Morgan fingerprint density at radius 3 is 2.77 bits per heavy atom. The SMILES string of the molecule is CC(=O)N1CCC(C(CNC(=O)c2ccc3[nH]ccc3c2Cl)c2cccnc2)CC1. The first-order valence-corrected chi connectivity index (χ1v) is 10.6. The number of carbonyl (C=O) groups excluding carboxylic acids is 2. The Morgan fingerprint density at radius 2 is 2.07 bits per heavy atom. The number of hydrogen-bond acceptors (Lipinski definition) is 3.